The molecule has 1 rings (SSSR count). The molecule has 96 valence electrons. The zero-order valence-corrected chi connectivity index (χ0v) is 9.42. The van der Waals surface area contributed by atoms with Crippen molar-refractivity contribution in [2.45, 2.75) is 32.5 Å². The van der Waals surface area contributed by atoms with E-state index in [4.69, 9.17) is 9.84 Å². The number of nitrogens with zero attached hydrogens (tertiary/aromatic N) is 1. The molecule has 0 aliphatic heterocycles. The molecule has 0 unspecified atom stereocenters. The molecule has 0 aromatic carbocycles. The molecule has 0 saturated heterocycles. The quantitative estimate of drug-likeness (QED) is 0.871. The number of halogens is 3. The highest BCUT2D eigenvalue weighted by molar-refractivity contribution is 5.24. The number of pyridine rings is 1. The van der Waals surface area contributed by atoms with Crippen molar-refractivity contribution in [3.05, 3.63) is 23.4 Å². The maximum atomic E-state index is 11.9. The summed E-state index contributed by atoms with van der Waals surface area (Å²) in [5.74, 6) is 0.123. The van der Waals surface area contributed by atoms with Gasteiger partial charge in [-0.25, -0.2) is 4.98 Å². The van der Waals surface area contributed by atoms with Crippen molar-refractivity contribution >= 4 is 0 Å². The van der Waals surface area contributed by atoms with Crippen molar-refractivity contribution in [1.29, 1.82) is 0 Å². The van der Waals surface area contributed by atoms with Gasteiger partial charge in [0.15, 0.2) is 0 Å². The SMILES string of the molecule is CCc1cc(CO)cc(OCCC(F)(F)F)n1. The molecule has 3 nitrogen and oxygen atoms in total. The number of aliphatic hydroxyl groups is 1. The molecule has 0 aliphatic carbocycles. The second-order valence-electron chi connectivity index (χ2n) is 3.53. The van der Waals surface area contributed by atoms with Crippen LogP contribution in [-0.4, -0.2) is 22.9 Å². The van der Waals surface area contributed by atoms with E-state index in [1.807, 2.05) is 6.92 Å². The lowest BCUT2D eigenvalue weighted by molar-refractivity contribution is -0.139. The minimum absolute atomic E-state index is 0.123. The molecular weight excluding hydrogens is 235 g/mol. The van der Waals surface area contributed by atoms with Crippen LogP contribution in [-0.2, 0) is 13.0 Å². The predicted molar refractivity (Wildman–Crippen MR) is 55.7 cm³/mol. The predicted octanol–water partition coefficient (Wildman–Crippen LogP) is 2.47. The second-order valence-corrected chi connectivity index (χ2v) is 3.53. The van der Waals surface area contributed by atoms with Gasteiger partial charge < -0.3 is 9.84 Å². The molecule has 17 heavy (non-hydrogen) atoms. The second kappa shape index (κ2) is 5.86. The smallest absolute Gasteiger partial charge is 0.392 e. The van der Waals surface area contributed by atoms with Gasteiger partial charge in [-0.3, -0.25) is 0 Å². The molecule has 6 heteroatoms. The van der Waals surface area contributed by atoms with Crippen LogP contribution in [0.3, 0.4) is 0 Å². The van der Waals surface area contributed by atoms with E-state index in [1.165, 1.54) is 6.07 Å². The fraction of sp³-hybridized carbons (Fsp3) is 0.545. The summed E-state index contributed by atoms with van der Waals surface area (Å²) in [5, 5.41) is 8.97. The number of alkyl halides is 3. The normalized spacial score (nSPS) is 11.6. The molecule has 0 saturated carbocycles. The van der Waals surface area contributed by atoms with Crippen molar-refractivity contribution in [3.8, 4) is 5.88 Å². The lowest BCUT2D eigenvalue weighted by Crippen LogP contribution is -2.13. The van der Waals surface area contributed by atoms with Gasteiger partial charge in [-0.05, 0) is 18.1 Å². The molecule has 0 atom stereocenters. The van der Waals surface area contributed by atoms with E-state index in [0.717, 1.165) is 0 Å². The Bertz CT molecular complexity index is 344. The molecule has 0 radical (unpaired) electrons. The van der Waals surface area contributed by atoms with Gasteiger partial charge in [0.05, 0.1) is 19.6 Å². The minimum Gasteiger partial charge on any atom is -0.477 e. The van der Waals surface area contributed by atoms with Crippen molar-refractivity contribution in [2.24, 2.45) is 0 Å². The number of aromatic nitrogens is 1. The van der Waals surface area contributed by atoms with Crippen LogP contribution in [0.4, 0.5) is 13.2 Å². The maximum absolute atomic E-state index is 11.9. The van der Waals surface area contributed by atoms with Crippen LogP contribution in [0, 0.1) is 0 Å². The number of hydrogen-bond acceptors (Lipinski definition) is 3. The molecular formula is C11H14F3NO2. The molecule has 1 heterocycles. The highest BCUT2D eigenvalue weighted by Gasteiger charge is 2.26. The Balaban J connectivity index is 2.64. The zero-order valence-electron chi connectivity index (χ0n) is 9.42. The van der Waals surface area contributed by atoms with Crippen LogP contribution in [0.5, 0.6) is 5.88 Å². The number of hydrogen-bond donors (Lipinski definition) is 1. The average molecular weight is 249 g/mol. The van der Waals surface area contributed by atoms with Crippen molar-refractivity contribution in [2.75, 3.05) is 6.61 Å². The Kier molecular flexibility index (Phi) is 4.74. The van der Waals surface area contributed by atoms with E-state index in [0.29, 0.717) is 17.7 Å². The summed E-state index contributed by atoms with van der Waals surface area (Å²) in [6.07, 6.45) is -4.62. The molecule has 1 aromatic heterocycles. The fourth-order valence-corrected chi connectivity index (χ4v) is 1.24. The van der Waals surface area contributed by atoms with Crippen LogP contribution in [0.1, 0.15) is 24.6 Å². The van der Waals surface area contributed by atoms with E-state index in [9.17, 15) is 13.2 Å². The molecule has 0 aliphatic rings. The fourth-order valence-electron chi connectivity index (χ4n) is 1.24. The first-order chi connectivity index (χ1) is 7.94. The summed E-state index contributed by atoms with van der Waals surface area (Å²) in [4.78, 5) is 4.02. The van der Waals surface area contributed by atoms with Gasteiger partial charge in [0.2, 0.25) is 5.88 Å². The van der Waals surface area contributed by atoms with Crippen LogP contribution >= 0.6 is 0 Å². The Morgan fingerprint density at radius 3 is 2.59 bits per heavy atom. The third-order valence-corrected chi connectivity index (χ3v) is 2.09. The van der Waals surface area contributed by atoms with E-state index in [2.05, 4.69) is 4.98 Å². The van der Waals surface area contributed by atoms with E-state index in [1.54, 1.807) is 6.07 Å². The summed E-state index contributed by atoms with van der Waals surface area (Å²) < 4.78 is 40.7. The Morgan fingerprint density at radius 1 is 1.35 bits per heavy atom. The summed E-state index contributed by atoms with van der Waals surface area (Å²) in [5.41, 5.74) is 1.26. The first kappa shape index (κ1) is 13.8. The highest BCUT2D eigenvalue weighted by Crippen LogP contribution is 2.20. The zero-order chi connectivity index (χ0) is 12.9. The van der Waals surface area contributed by atoms with Crippen molar-refractivity contribution in [1.82, 2.24) is 4.98 Å². The first-order valence-corrected chi connectivity index (χ1v) is 5.25. The van der Waals surface area contributed by atoms with Crippen molar-refractivity contribution < 1.29 is 23.0 Å². The number of ether oxygens (including phenoxy) is 1. The minimum atomic E-state index is -4.23. The Labute approximate surface area is 97.2 Å². The monoisotopic (exact) mass is 249 g/mol. The summed E-state index contributed by atoms with van der Waals surface area (Å²) in [6.45, 7) is 1.21. The number of aliphatic hydroxyl groups excluding tert-OH is 1. The number of rotatable bonds is 5. The lowest BCUT2D eigenvalue weighted by atomic mass is 10.2. The number of aryl methyl sites for hydroxylation is 1. The Morgan fingerprint density at radius 2 is 2.06 bits per heavy atom. The van der Waals surface area contributed by atoms with E-state index < -0.39 is 19.2 Å². The molecule has 0 amide bonds. The van der Waals surface area contributed by atoms with E-state index >= 15 is 0 Å². The topological polar surface area (TPSA) is 42.4 Å². The first-order valence-electron chi connectivity index (χ1n) is 5.25. The van der Waals surface area contributed by atoms with Gasteiger partial charge in [-0.15, -0.1) is 0 Å². The molecule has 0 bridgehead atoms. The van der Waals surface area contributed by atoms with Gasteiger partial charge in [-0.2, -0.15) is 13.2 Å². The van der Waals surface area contributed by atoms with Crippen LogP contribution in [0.2, 0.25) is 0 Å². The third kappa shape index (κ3) is 5.04. The van der Waals surface area contributed by atoms with Gasteiger partial charge >= 0.3 is 6.18 Å². The van der Waals surface area contributed by atoms with Crippen LogP contribution in [0.15, 0.2) is 12.1 Å². The summed E-state index contributed by atoms with van der Waals surface area (Å²) in [7, 11) is 0. The third-order valence-electron chi connectivity index (χ3n) is 2.09. The molecule has 0 fully saturated rings. The average Bonchev–Trinajstić information content (AvgIpc) is 2.26. The lowest BCUT2D eigenvalue weighted by Gasteiger charge is -2.10. The molecule has 0 spiro atoms. The summed E-state index contributed by atoms with van der Waals surface area (Å²) >= 11 is 0. The van der Waals surface area contributed by atoms with Gasteiger partial charge in [0.1, 0.15) is 0 Å². The maximum Gasteiger partial charge on any atom is 0.392 e. The van der Waals surface area contributed by atoms with E-state index in [-0.39, 0.29) is 12.5 Å². The van der Waals surface area contributed by atoms with Crippen LogP contribution < -0.4 is 4.74 Å². The van der Waals surface area contributed by atoms with Crippen molar-refractivity contribution in [3.63, 3.8) is 0 Å². The molecule has 1 N–H and O–H groups in total. The Hall–Kier alpha value is -1.30. The standard InChI is InChI=1S/C11H14F3NO2/c1-2-9-5-8(7-16)6-10(15-9)17-4-3-11(12,13)14/h5-6,16H,2-4,7H2,1H3. The van der Waals surface area contributed by atoms with Gasteiger partial charge in [0, 0.05) is 11.8 Å². The highest BCUT2D eigenvalue weighted by atomic mass is 19.4. The van der Waals surface area contributed by atoms with Gasteiger partial charge in [0.25, 0.3) is 0 Å². The largest absolute Gasteiger partial charge is 0.477 e. The van der Waals surface area contributed by atoms with Crippen LogP contribution in [0.25, 0.3) is 0 Å². The summed E-state index contributed by atoms with van der Waals surface area (Å²) in [6, 6.07) is 3.13. The molecule has 1 aromatic rings. The van der Waals surface area contributed by atoms with Gasteiger partial charge in [-0.1, -0.05) is 6.92 Å².